The molecule has 0 radical (unpaired) electrons. The number of aryl methyl sites for hydroxylation is 1. The van der Waals surface area contributed by atoms with Gasteiger partial charge in [-0.15, -0.1) is 0 Å². The summed E-state index contributed by atoms with van der Waals surface area (Å²) in [6.45, 7) is 3.03. The predicted molar refractivity (Wildman–Crippen MR) is 77.6 cm³/mol. The van der Waals surface area contributed by atoms with Gasteiger partial charge in [-0.2, -0.15) is 0 Å². The van der Waals surface area contributed by atoms with Crippen molar-refractivity contribution in [2.45, 2.75) is 20.0 Å². The molecule has 19 heavy (non-hydrogen) atoms. The zero-order valence-corrected chi connectivity index (χ0v) is 11.4. The van der Waals surface area contributed by atoms with Crippen LogP contribution in [0.2, 0.25) is 0 Å². The summed E-state index contributed by atoms with van der Waals surface area (Å²) < 4.78 is 13.7. The van der Waals surface area contributed by atoms with E-state index in [9.17, 15) is 4.39 Å². The molecule has 0 heterocycles. The molecule has 0 saturated heterocycles. The number of nitrogens with two attached hydrogens (primary N) is 1. The lowest BCUT2D eigenvalue weighted by molar-refractivity contribution is 0.609. The summed E-state index contributed by atoms with van der Waals surface area (Å²) in [6.07, 6.45) is 0. The van der Waals surface area contributed by atoms with Crippen LogP contribution in [0.4, 0.5) is 10.1 Å². The van der Waals surface area contributed by atoms with E-state index in [2.05, 4.69) is 19.1 Å². The summed E-state index contributed by atoms with van der Waals surface area (Å²) in [5, 5.41) is 0. The van der Waals surface area contributed by atoms with Crippen LogP contribution in [0, 0.1) is 12.7 Å². The number of hydrogen-bond donors (Lipinski definition) is 1. The maximum absolute atomic E-state index is 13.7. The summed E-state index contributed by atoms with van der Waals surface area (Å²) in [5.41, 5.74) is 9.54. The number of halogens is 1. The number of nitrogens with zero attached hydrogens (tertiary/aromatic N) is 1. The van der Waals surface area contributed by atoms with Crippen LogP contribution in [0.3, 0.4) is 0 Å². The topological polar surface area (TPSA) is 29.3 Å². The highest BCUT2D eigenvalue weighted by molar-refractivity contribution is 5.54. The van der Waals surface area contributed by atoms with Crippen LogP contribution in [0.1, 0.15) is 16.7 Å². The van der Waals surface area contributed by atoms with E-state index >= 15 is 0 Å². The first-order chi connectivity index (χ1) is 9.13. The second-order valence-electron chi connectivity index (χ2n) is 4.72. The monoisotopic (exact) mass is 258 g/mol. The third-order valence-corrected chi connectivity index (χ3v) is 3.38. The van der Waals surface area contributed by atoms with Crippen molar-refractivity contribution >= 4 is 5.69 Å². The van der Waals surface area contributed by atoms with Crippen molar-refractivity contribution in [2.24, 2.45) is 5.73 Å². The van der Waals surface area contributed by atoms with Crippen molar-refractivity contribution in [3.63, 3.8) is 0 Å². The van der Waals surface area contributed by atoms with Crippen molar-refractivity contribution < 1.29 is 4.39 Å². The molecule has 0 fully saturated rings. The number of benzene rings is 2. The molecule has 2 rings (SSSR count). The number of hydrogen-bond acceptors (Lipinski definition) is 2. The zero-order valence-electron chi connectivity index (χ0n) is 11.4. The van der Waals surface area contributed by atoms with Crippen molar-refractivity contribution in [3.05, 3.63) is 65.0 Å². The minimum Gasteiger partial charge on any atom is -0.370 e. The van der Waals surface area contributed by atoms with Gasteiger partial charge in [0, 0.05) is 31.4 Å². The van der Waals surface area contributed by atoms with Gasteiger partial charge in [-0.25, -0.2) is 4.39 Å². The molecule has 2 aromatic carbocycles. The zero-order chi connectivity index (χ0) is 13.8. The van der Waals surface area contributed by atoms with E-state index in [1.807, 2.05) is 30.1 Å². The molecule has 0 unspecified atom stereocenters. The fourth-order valence-corrected chi connectivity index (χ4v) is 2.24. The molecule has 0 aliphatic carbocycles. The van der Waals surface area contributed by atoms with Crippen LogP contribution in [-0.4, -0.2) is 7.05 Å². The highest BCUT2D eigenvalue weighted by Gasteiger charge is 2.11. The Labute approximate surface area is 113 Å². The number of anilines is 1. The van der Waals surface area contributed by atoms with E-state index in [1.54, 1.807) is 6.07 Å². The molecule has 2 N–H and O–H groups in total. The average Bonchev–Trinajstić information content (AvgIpc) is 2.41. The lowest BCUT2D eigenvalue weighted by atomic mass is 10.1. The first-order valence-corrected chi connectivity index (χ1v) is 6.36. The van der Waals surface area contributed by atoms with Crippen molar-refractivity contribution in [1.29, 1.82) is 0 Å². The van der Waals surface area contributed by atoms with E-state index < -0.39 is 0 Å². The highest BCUT2D eigenvalue weighted by Crippen LogP contribution is 2.23. The van der Waals surface area contributed by atoms with Crippen LogP contribution in [-0.2, 0) is 13.1 Å². The molecule has 3 heteroatoms. The van der Waals surface area contributed by atoms with Crippen molar-refractivity contribution in [2.75, 3.05) is 11.9 Å². The Hall–Kier alpha value is -1.87. The molecular weight excluding hydrogens is 239 g/mol. The summed E-state index contributed by atoms with van der Waals surface area (Å²) in [5.74, 6) is -0.239. The summed E-state index contributed by atoms with van der Waals surface area (Å²) in [7, 11) is 1.96. The van der Waals surface area contributed by atoms with Gasteiger partial charge in [0.1, 0.15) is 5.82 Å². The Morgan fingerprint density at radius 3 is 2.53 bits per heavy atom. The van der Waals surface area contributed by atoms with E-state index in [0.29, 0.717) is 5.56 Å². The van der Waals surface area contributed by atoms with Crippen LogP contribution in [0.25, 0.3) is 0 Å². The highest BCUT2D eigenvalue weighted by atomic mass is 19.1. The standard InChI is InChI=1S/C16H19FN2/c1-12-6-3-4-7-13(12)11-19(2)16-9-5-8-15(17)14(16)10-18/h3-9H,10-11,18H2,1-2H3. The Kier molecular flexibility index (Phi) is 4.17. The van der Waals surface area contributed by atoms with Gasteiger partial charge in [-0.3, -0.25) is 0 Å². The minimum atomic E-state index is -0.239. The molecule has 0 saturated carbocycles. The van der Waals surface area contributed by atoms with Gasteiger partial charge >= 0.3 is 0 Å². The number of rotatable bonds is 4. The fourth-order valence-electron chi connectivity index (χ4n) is 2.24. The molecule has 0 bridgehead atoms. The molecule has 100 valence electrons. The lowest BCUT2D eigenvalue weighted by Gasteiger charge is -2.23. The Bertz CT molecular complexity index is 566. The largest absolute Gasteiger partial charge is 0.370 e. The Morgan fingerprint density at radius 1 is 1.11 bits per heavy atom. The van der Waals surface area contributed by atoms with Crippen LogP contribution in [0.5, 0.6) is 0 Å². The summed E-state index contributed by atoms with van der Waals surface area (Å²) in [6, 6.07) is 13.3. The van der Waals surface area contributed by atoms with Gasteiger partial charge in [-0.05, 0) is 30.2 Å². The molecular formula is C16H19FN2. The van der Waals surface area contributed by atoms with E-state index in [4.69, 9.17) is 5.73 Å². The van der Waals surface area contributed by atoms with Gasteiger partial charge in [0.05, 0.1) is 0 Å². The maximum atomic E-state index is 13.7. The summed E-state index contributed by atoms with van der Waals surface area (Å²) >= 11 is 0. The lowest BCUT2D eigenvalue weighted by Crippen LogP contribution is -2.20. The van der Waals surface area contributed by atoms with Crippen molar-refractivity contribution in [3.8, 4) is 0 Å². The second-order valence-corrected chi connectivity index (χ2v) is 4.72. The first-order valence-electron chi connectivity index (χ1n) is 6.36. The SMILES string of the molecule is Cc1ccccc1CN(C)c1cccc(F)c1CN. The van der Waals surface area contributed by atoms with Crippen molar-refractivity contribution in [1.82, 2.24) is 0 Å². The predicted octanol–water partition coefficient (Wildman–Crippen LogP) is 3.23. The molecule has 0 aliphatic heterocycles. The molecule has 0 atom stereocenters. The van der Waals surface area contributed by atoms with E-state index in [-0.39, 0.29) is 12.4 Å². The fraction of sp³-hybridized carbons (Fsp3) is 0.250. The summed E-state index contributed by atoms with van der Waals surface area (Å²) in [4.78, 5) is 2.04. The first kappa shape index (κ1) is 13.6. The molecule has 0 spiro atoms. The van der Waals surface area contributed by atoms with E-state index in [1.165, 1.54) is 17.2 Å². The maximum Gasteiger partial charge on any atom is 0.129 e. The van der Waals surface area contributed by atoms with Gasteiger partial charge in [0.25, 0.3) is 0 Å². The molecule has 0 aliphatic rings. The quantitative estimate of drug-likeness (QED) is 0.912. The van der Waals surface area contributed by atoms with Crippen LogP contribution in [0.15, 0.2) is 42.5 Å². The van der Waals surface area contributed by atoms with Gasteiger partial charge in [-0.1, -0.05) is 30.3 Å². The Balaban J connectivity index is 2.28. The second kappa shape index (κ2) is 5.85. The molecule has 2 aromatic rings. The van der Waals surface area contributed by atoms with Crippen LogP contribution < -0.4 is 10.6 Å². The normalized spacial score (nSPS) is 10.5. The third-order valence-electron chi connectivity index (χ3n) is 3.38. The molecule has 0 amide bonds. The van der Waals surface area contributed by atoms with Gasteiger partial charge in [0.15, 0.2) is 0 Å². The van der Waals surface area contributed by atoms with Gasteiger partial charge < -0.3 is 10.6 Å². The minimum absolute atomic E-state index is 0.208. The smallest absolute Gasteiger partial charge is 0.129 e. The third kappa shape index (κ3) is 2.93. The van der Waals surface area contributed by atoms with Gasteiger partial charge in [0.2, 0.25) is 0 Å². The Morgan fingerprint density at radius 2 is 1.84 bits per heavy atom. The average molecular weight is 258 g/mol. The van der Waals surface area contributed by atoms with Crippen LogP contribution >= 0.6 is 0 Å². The molecule has 0 aromatic heterocycles. The molecule has 2 nitrogen and oxygen atoms in total. The van der Waals surface area contributed by atoms with E-state index in [0.717, 1.165) is 12.2 Å².